The zero-order valence-electron chi connectivity index (χ0n) is 18.5. The number of aryl methyl sites for hydroxylation is 2. The van der Waals surface area contributed by atoms with E-state index in [2.05, 4.69) is 47.2 Å². The van der Waals surface area contributed by atoms with Crippen LogP contribution in [0.15, 0.2) is 4.99 Å². The van der Waals surface area contributed by atoms with E-state index in [0.717, 1.165) is 43.5 Å². The molecule has 0 spiro atoms. The molecule has 2 fully saturated rings. The predicted molar refractivity (Wildman–Crippen MR) is 116 cm³/mol. The minimum Gasteiger partial charge on any atom is -0.355 e. The van der Waals surface area contributed by atoms with Gasteiger partial charge in [0.25, 0.3) is 0 Å². The number of hydrogen-bond acceptors (Lipinski definition) is 5. The highest BCUT2D eigenvalue weighted by Gasteiger charge is 2.39. The highest BCUT2D eigenvalue weighted by molar-refractivity contribution is 5.80. The molecule has 0 aromatic carbocycles. The van der Waals surface area contributed by atoms with Crippen molar-refractivity contribution in [2.24, 2.45) is 4.99 Å². The summed E-state index contributed by atoms with van der Waals surface area (Å²) in [5.41, 5.74) is 0.244. The lowest BCUT2D eigenvalue weighted by atomic mass is 9.84. The van der Waals surface area contributed by atoms with E-state index in [1.165, 1.54) is 58.3 Å². The van der Waals surface area contributed by atoms with Crippen molar-refractivity contribution in [2.75, 3.05) is 46.8 Å². The van der Waals surface area contributed by atoms with Crippen LogP contribution in [0.4, 0.5) is 0 Å². The molecule has 0 saturated carbocycles. The third-order valence-corrected chi connectivity index (χ3v) is 7.04. The van der Waals surface area contributed by atoms with Gasteiger partial charge in [-0.15, -0.1) is 0 Å². The van der Waals surface area contributed by atoms with Crippen molar-refractivity contribution >= 4 is 5.96 Å². The van der Waals surface area contributed by atoms with E-state index in [1.54, 1.807) is 0 Å². The summed E-state index contributed by atoms with van der Waals surface area (Å²) in [6, 6.07) is 0.180. The van der Waals surface area contributed by atoms with Crippen molar-refractivity contribution in [2.45, 2.75) is 70.0 Å². The number of rotatable bonds is 4. The lowest BCUT2D eigenvalue weighted by molar-refractivity contribution is 0.0172. The first-order valence-corrected chi connectivity index (χ1v) is 11.4. The average molecular weight is 403 g/mol. The number of aromatic nitrogens is 3. The molecule has 4 rings (SSSR count). The van der Waals surface area contributed by atoms with Gasteiger partial charge in [-0.05, 0) is 78.7 Å². The molecule has 3 aliphatic rings. The third kappa shape index (κ3) is 4.58. The molecule has 3 aliphatic heterocycles. The highest BCUT2D eigenvalue weighted by Crippen LogP contribution is 2.31. The van der Waals surface area contributed by atoms with Gasteiger partial charge in [0.15, 0.2) is 5.96 Å². The summed E-state index contributed by atoms with van der Waals surface area (Å²) in [6.45, 7) is 8.72. The third-order valence-electron chi connectivity index (χ3n) is 7.04. The predicted octanol–water partition coefficient (Wildman–Crippen LogP) is 1.54. The number of likely N-dealkylation sites (tertiary alicyclic amines) is 2. The molecule has 8 heteroatoms. The van der Waals surface area contributed by atoms with Gasteiger partial charge in [0.2, 0.25) is 0 Å². The van der Waals surface area contributed by atoms with Gasteiger partial charge in [-0.25, -0.2) is 9.67 Å². The number of aliphatic imine (C=N–C) groups is 1. The van der Waals surface area contributed by atoms with Gasteiger partial charge in [0, 0.05) is 25.7 Å². The van der Waals surface area contributed by atoms with E-state index in [4.69, 9.17) is 0 Å². The monoisotopic (exact) mass is 402 g/mol. The van der Waals surface area contributed by atoms with Gasteiger partial charge < -0.3 is 15.5 Å². The first kappa shape index (κ1) is 20.6. The van der Waals surface area contributed by atoms with Crippen molar-refractivity contribution in [1.29, 1.82) is 0 Å². The van der Waals surface area contributed by atoms with E-state index in [9.17, 15) is 0 Å². The molecule has 8 nitrogen and oxygen atoms in total. The van der Waals surface area contributed by atoms with Crippen molar-refractivity contribution < 1.29 is 0 Å². The normalized spacial score (nSPS) is 26.2. The molecule has 1 aromatic rings. The Morgan fingerprint density at radius 1 is 1.10 bits per heavy atom. The topological polar surface area (TPSA) is 73.6 Å². The molecule has 2 saturated heterocycles. The minimum atomic E-state index is 0.180. The van der Waals surface area contributed by atoms with E-state index in [0.29, 0.717) is 0 Å². The maximum absolute atomic E-state index is 4.66. The zero-order valence-corrected chi connectivity index (χ0v) is 18.5. The van der Waals surface area contributed by atoms with Crippen LogP contribution in [0.2, 0.25) is 0 Å². The van der Waals surface area contributed by atoms with Crippen LogP contribution in [-0.2, 0) is 6.54 Å². The van der Waals surface area contributed by atoms with Gasteiger partial charge in [-0.3, -0.25) is 9.89 Å². The van der Waals surface area contributed by atoms with Crippen LogP contribution in [-0.4, -0.2) is 82.9 Å². The van der Waals surface area contributed by atoms with Crippen molar-refractivity contribution in [1.82, 2.24) is 35.2 Å². The summed E-state index contributed by atoms with van der Waals surface area (Å²) in [5, 5.41) is 11.9. The summed E-state index contributed by atoms with van der Waals surface area (Å²) in [4.78, 5) is 14.4. The van der Waals surface area contributed by atoms with E-state index in [-0.39, 0.29) is 11.6 Å². The maximum atomic E-state index is 4.66. The van der Waals surface area contributed by atoms with Crippen molar-refractivity contribution in [3.8, 4) is 0 Å². The van der Waals surface area contributed by atoms with Crippen LogP contribution >= 0.6 is 0 Å². The molecule has 1 aromatic heterocycles. The Labute approximate surface area is 175 Å². The molecular formula is C21H38N8. The fraction of sp³-hybridized carbons (Fsp3) is 0.857. The van der Waals surface area contributed by atoms with Gasteiger partial charge in [0.1, 0.15) is 11.6 Å². The van der Waals surface area contributed by atoms with Crippen LogP contribution in [0.5, 0.6) is 0 Å². The van der Waals surface area contributed by atoms with Crippen molar-refractivity contribution in [3.63, 3.8) is 0 Å². The molecule has 2 N–H and O–H groups in total. The summed E-state index contributed by atoms with van der Waals surface area (Å²) in [6.07, 6.45) is 8.69. The summed E-state index contributed by atoms with van der Waals surface area (Å²) < 4.78 is 2.05. The lowest BCUT2D eigenvalue weighted by Gasteiger charge is -2.50. The Morgan fingerprint density at radius 3 is 2.59 bits per heavy atom. The highest BCUT2D eigenvalue weighted by atomic mass is 15.4. The quantitative estimate of drug-likeness (QED) is 0.588. The van der Waals surface area contributed by atoms with Crippen LogP contribution in [0, 0.1) is 6.92 Å². The molecule has 0 bridgehead atoms. The number of nitrogens with one attached hydrogen (secondary N) is 2. The molecule has 0 aliphatic carbocycles. The zero-order chi connectivity index (χ0) is 20.3. The number of fused-ring (bicyclic) bond motifs is 1. The second kappa shape index (κ2) is 9.00. The lowest BCUT2D eigenvalue weighted by Crippen LogP contribution is -2.62. The minimum absolute atomic E-state index is 0.180. The Kier molecular flexibility index (Phi) is 6.39. The molecule has 29 heavy (non-hydrogen) atoms. The molecule has 1 atom stereocenters. The fourth-order valence-corrected chi connectivity index (χ4v) is 5.22. The second-order valence-corrected chi connectivity index (χ2v) is 9.08. The average Bonchev–Trinajstić information content (AvgIpc) is 3.14. The standard InChI is InChI=1S/C21H38N8/c1-17-24-19-18(8-7-13-29(19)26-17)25-20(22-2)23-16-21(9-14-27(3)15-10-21)28-11-5-4-6-12-28/h18H,4-16H2,1-3H3,(H2,22,23,25). The Bertz CT molecular complexity index is 698. The Hall–Kier alpha value is -1.67. The number of nitrogens with zero attached hydrogens (tertiary/aromatic N) is 6. The van der Waals surface area contributed by atoms with Crippen molar-refractivity contribution in [3.05, 3.63) is 11.6 Å². The molecular weight excluding hydrogens is 364 g/mol. The Balaban J connectivity index is 1.42. The van der Waals surface area contributed by atoms with Gasteiger partial charge >= 0.3 is 0 Å². The molecule has 4 heterocycles. The van der Waals surface area contributed by atoms with Crippen LogP contribution in [0.25, 0.3) is 0 Å². The van der Waals surface area contributed by atoms with Crippen LogP contribution < -0.4 is 10.6 Å². The number of piperidine rings is 2. The number of guanidine groups is 1. The first-order valence-electron chi connectivity index (χ1n) is 11.4. The van der Waals surface area contributed by atoms with E-state index in [1.807, 2.05) is 14.0 Å². The molecule has 162 valence electrons. The first-order chi connectivity index (χ1) is 14.1. The SMILES string of the molecule is CN=C(NCC1(N2CCCCC2)CCN(C)CC1)NC1CCCn2nc(C)nc21. The summed E-state index contributed by atoms with van der Waals surface area (Å²) >= 11 is 0. The van der Waals surface area contributed by atoms with Gasteiger partial charge in [-0.1, -0.05) is 6.42 Å². The maximum Gasteiger partial charge on any atom is 0.191 e. The Morgan fingerprint density at radius 2 is 1.86 bits per heavy atom. The van der Waals surface area contributed by atoms with E-state index >= 15 is 0 Å². The summed E-state index contributed by atoms with van der Waals surface area (Å²) in [5.74, 6) is 2.79. The fourth-order valence-electron chi connectivity index (χ4n) is 5.22. The largest absolute Gasteiger partial charge is 0.355 e. The molecule has 0 radical (unpaired) electrons. The number of hydrogen-bond donors (Lipinski definition) is 2. The van der Waals surface area contributed by atoms with Crippen LogP contribution in [0.3, 0.4) is 0 Å². The summed E-state index contributed by atoms with van der Waals surface area (Å²) in [7, 11) is 4.12. The second-order valence-electron chi connectivity index (χ2n) is 9.08. The van der Waals surface area contributed by atoms with Gasteiger partial charge in [-0.2, -0.15) is 5.10 Å². The van der Waals surface area contributed by atoms with E-state index < -0.39 is 0 Å². The smallest absolute Gasteiger partial charge is 0.191 e. The molecule has 0 amide bonds. The van der Waals surface area contributed by atoms with Crippen LogP contribution in [0.1, 0.15) is 62.6 Å². The molecule has 1 unspecified atom stereocenters. The van der Waals surface area contributed by atoms with Gasteiger partial charge in [0.05, 0.1) is 6.04 Å².